The number of carboxylic acid groups (broad SMARTS) is 1. The van der Waals surface area contributed by atoms with Crippen LogP contribution in [0.4, 0.5) is 0 Å². The molecule has 0 amide bonds. The minimum Gasteiger partial charge on any atom is -0.489 e. The SMILES string of the molecule is CC(=O)O.CN1CCN(Cc2ccc(COc3ccc(C(=N)N)cc3)cc2)CC1. The number of benzene rings is 2. The van der Waals surface area contributed by atoms with E-state index in [2.05, 4.69) is 41.1 Å². The number of nitrogen functional groups attached to an aromatic ring is 1. The van der Waals surface area contributed by atoms with Gasteiger partial charge in [-0.25, -0.2) is 0 Å². The van der Waals surface area contributed by atoms with Crippen molar-refractivity contribution < 1.29 is 14.6 Å². The van der Waals surface area contributed by atoms with Crippen molar-refractivity contribution in [3.63, 3.8) is 0 Å². The maximum Gasteiger partial charge on any atom is 0.300 e. The summed E-state index contributed by atoms with van der Waals surface area (Å²) in [5, 5.41) is 14.8. The largest absolute Gasteiger partial charge is 0.489 e. The highest BCUT2D eigenvalue weighted by Crippen LogP contribution is 2.15. The number of hydrogen-bond acceptors (Lipinski definition) is 5. The van der Waals surface area contributed by atoms with Crippen LogP contribution in [0.15, 0.2) is 48.5 Å². The lowest BCUT2D eigenvalue weighted by molar-refractivity contribution is -0.134. The lowest BCUT2D eigenvalue weighted by Gasteiger charge is -2.32. The summed E-state index contributed by atoms with van der Waals surface area (Å²) in [5.74, 6) is 0.0222. The molecule has 7 nitrogen and oxygen atoms in total. The Morgan fingerprint density at radius 3 is 2.07 bits per heavy atom. The monoisotopic (exact) mass is 398 g/mol. The first kappa shape index (κ1) is 22.4. The van der Waals surface area contributed by atoms with Crippen LogP contribution >= 0.6 is 0 Å². The summed E-state index contributed by atoms with van der Waals surface area (Å²) < 4.78 is 5.80. The Bertz CT molecular complexity index is 779. The van der Waals surface area contributed by atoms with Crippen molar-refractivity contribution in [1.29, 1.82) is 5.41 Å². The van der Waals surface area contributed by atoms with Crippen LogP contribution in [-0.4, -0.2) is 59.9 Å². The third-order valence-electron chi connectivity index (χ3n) is 4.60. The van der Waals surface area contributed by atoms with E-state index in [0.29, 0.717) is 12.2 Å². The van der Waals surface area contributed by atoms with Gasteiger partial charge in [-0.3, -0.25) is 15.1 Å². The van der Waals surface area contributed by atoms with Crippen LogP contribution in [0.1, 0.15) is 23.6 Å². The fourth-order valence-corrected chi connectivity index (χ4v) is 2.90. The first-order chi connectivity index (χ1) is 13.8. The van der Waals surface area contributed by atoms with Gasteiger partial charge in [0.25, 0.3) is 5.97 Å². The second kappa shape index (κ2) is 11.2. The lowest BCUT2D eigenvalue weighted by atomic mass is 10.1. The van der Waals surface area contributed by atoms with Gasteiger partial charge < -0.3 is 20.5 Å². The van der Waals surface area contributed by atoms with Crippen molar-refractivity contribution in [3.8, 4) is 5.75 Å². The molecule has 1 aliphatic rings. The highest BCUT2D eigenvalue weighted by molar-refractivity contribution is 5.94. The number of nitrogens with two attached hydrogens (primary N) is 1. The number of amidine groups is 1. The number of ether oxygens (including phenoxy) is 1. The Morgan fingerprint density at radius 1 is 1.03 bits per heavy atom. The Kier molecular flexibility index (Phi) is 8.64. The van der Waals surface area contributed by atoms with Gasteiger partial charge in [0.15, 0.2) is 0 Å². The first-order valence-electron chi connectivity index (χ1n) is 9.59. The van der Waals surface area contributed by atoms with Gasteiger partial charge in [0.1, 0.15) is 18.2 Å². The smallest absolute Gasteiger partial charge is 0.300 e. The maximum atomic E-state index is 9.00. The Hall–Kier alpha value is -2.90. The average Bonchev–Trinajstić information content (AvgIpc) is 2.69. The topological polar surface area (TPSA) is 103 Å². The van der Waals surface area contributed by atoms with Crippen LogP contribution in [-0.2, 0) is 17.9 Å². The normalized spacial score (nSPS) is 14.6. The average molecular weight is 399 g/mol. The summed E-state index contributed by atoms with van der Waals surface area (Å²) in [6.45, 7) is 7.20. The molecule has 29 heavy (non-hydrogen) atoms. The highest BCUT2D eigenvalue weighted by atomic mass is 16.5. The standard InChI is InChI=1S/C20H26N4O.C2H4O2/c1-23-10-12-24(13-11-23)14-16-2-4-17(5-3-16)15-25-19-8-6-18(7-9-19)20(21)22;1-2(3)4/h2-9H,10-15H2,1H3,(H3,21,22);1H3,(H,3,4). The van der Waals surface area contributed by atoms with E-state index in [-0.39, 0.29) is 5.84 Å². The number of nitrogens with zero attached hydrogens (tertiary/aromatic N) is 2. The first-order valence-corrected chi connectivity index (χ1v) is 9.59. The van der Waals surface area contributed by atoms with Crippen LogP contribution in [0.3, 0.4) is 0 Å². The molecular weight excluding hydrogens is 368 g/mol. The predicted molar refractivity (Wildman–Crippen MR) is 114 cm³/mol. The van der Waals surface area contributed by atoms with Crippen molar-refractivity contribution >= 4 is 11.8 Å². The lowest BCUT2D eigenvalue weighted by Crippen LogP contribution is -2.43. The fraction of sp³-hybridized carbons (Fsp3) is 0.364. The van der Waals surface area contributed by atoms with Crippen LogP contribution in [0.25, 0.3) is 0 Å². The summed E-state index contributed by atoms with van der Waals surface area (Å²) in [4.78, 5) is 13.9. The zero-order valence-corrected chi connectivity index (χ0v) is 17.1. The van der Waals surface area contributed by atoms with Gasteiger partial charge in [-0.2, -0.15) is 0 Å². The number of likely N-dealkylation sites (N-methyl/N-ethyl adjacent to an activating group) is 1. The zero-order chi connectivity index (χ0) is 21.2. The molecule has 0 aromatic heterocycles. The van der Waals surface area contributed by atoms with Crippen molar-refractivity contribution in [2.45, 2.75) is 20.1 Å². The molecule has 2 aromatic rings. The van der Waals surface area contributed by atoms with E-state index < -0.39 is 5.97 Å². The second-order valence-electron chi connectivity index (χ2n) is 7.14. The van der Waals surface area contributed by atoms with Crippen LogP contribution < -0.4 is 10.5 Å². The molecule has 1 heterocycles. The van der Waals surface area contributed by atoms with Gasteiger partial charge in [-0.15, -0.1) is 0 Å². The summed E-state index contributed by atoms with van der Waals surface area (Å²) in [5.41, 5.74) is 8.66. The van der Waals surface area contributed by atoms with Gasteiger partial charge >= 0.3 is 0 Å². The van der Waals surface area contributed by atoms with E-state index in [1.54, 1.807) is 12.1 Å². The van der Waals surface area contributed by atoms with E-state index in [1.165, 1.54) is 5.56 Å². The van der Waals surface area contributed by atoms with Crippen LogP contribution in [0, 0.1) is 5.41 Å². The van der Waals surface area contributed by atoms with Gasteiger partial charge in [0, 0.05) is 45.2 Å². The van der Waals surface area contributed by atoms with Gasteiger partial charge in [-0.1, -0.05) is 24.3 Å². The van der Waals surface area contributed by atoms with Crippen LogP contribution in [0.5, 0.6) is 5.75 Å². The summed E-state index contributed by atoms with van der Waals surface area (Å²) in [7, 11) is 2.18. The molecule has 0 spiro atoms. The molecule has 0 saturated carbocycles. The number of nitrogens with one attached hydrogen (secondary N) is 1. The maximum absolute atomic E-state index is 9.00. The van der Waals surface area contributed by atoms with Crippen molar-refractivity contribution in [2.75, 3.05) is 33.2 Å². The third kappa shape index (κ3) is 8.33. The molecule has 2 aromatic carbocycles. The molecule has 0 radical (unpaired) electrons. The molecule has 0 unspecified atom stereocenters. The Balaban J connectivity index is 0.000000687. The minimum atomic E-state index is -0.833. The predicted octanol–water partition coefficient (Wildman–Crippen LogP) is 2.39. The molecule has 1 saturated heterocycles. The van der Waals surface area contributed by atoms with Crippen molar-refractivity contribution in [1.82, 2.24) is 9.80 Å². The van der Waals surface area contributed by atoms with Gasteiger partial charge in [0.05, 0.1) is 0 Å². The van der Waals surface area contributed by atoms with E-state index in [1.807, 2.05) is 12.1 Å². The molecule has 1 fully saturated rings. The Morgan fingerprint density at radius 2 is 1.55 bits per heavy atom. The molecule has 1 aliphatic heterocycles. The van der Waals surface area contributed by atoms with E-state index in [4.69, 9.17) is 25.8 Å². The van der Waals surface area contributed by atoms with Crippen molar-refractivity contribution in [2.24, 2.45) is 5.73 Å². The van der Waals surface area contributed by atoms with Gasteiger partial charge in [-0.05, 0) is 42.4 Å². The summed E-state index contributed by atoms with van der Waals surface area (Å²) in [6, 6.07) is 15.9. The summed E-state index contributed by atoms with van der Waals surface area (Å²) in [6.07, 6.45) is 0. The number of rotatable bonds is 6. The zero-order valence-electron chi connectivity index (χ0n) is 17.1. The van der Waals surface area contributed by atoms with E-state index in [0.717, 1.165) is 51.0 Å². The third-order valence-corrected chi connectivity index (χ3v) is 4.60. The summed E-state index contributed by atoms with van der Waals surface area (Å²) >= 11 is 0. The molecule has 3 rings (SSSR count). The second-order valence-corrected chi connectivity index (χ2v) is 7.14. The molecule has 0 bridgehead atoms. The van der Waals surface area contributed by atoms with E-state index >= 15 is 0 Å². The Labute approximate surface area is 172 Å². The molecular formula is C22H30N4O3. The van der Waals surface area contributed by atoms with Crippen molar-refractivity contribution in [3.05, 3.63) is 65.2 Å². The van der Waals surface area contributed by atoms with E-state index in [9.17, 15) is 0 Å². The van der Waals surface area contributed by atoms with Gasteiger partial charge in [0.2, 0.25) is 0 Å². The molecule has 156 valence electrons. The molecule has 7 heteroatoms. The molecule has 0 aliphatic carbocycles. The fourth-order valence-electron chi connectivity index (χ4n) is 2.90. The highest BCUT2D eigenvalue weighted by Gasteiger charge is 2.13. The number of hydrogen-bond donors (Lipinski definition) is 3. The number of carbonyl (C=O) groups is 1. The number of piperazine rings is 1. The molecule has 4 N–H and O–H groups in total. The number of carboxylic acids is 1. The molecule has 0 atom stereocenters. The van der Waals surface area contributed by atoms with Crippen LogP contribution in [0.2, 0.25) is 0 Å². The number of aliphatic carboxylic acids is 1. The quantitative estimate of drug-likeness (QED) is 0.510. The minimum absolute atomic E-state index is 0.0717.